The summed E-state index contributed by atoms with van der Waals surface area (Å²) in [6, 6.07) is 0. The summed E-state index contributed by atoms with van der Waals surface area (Å²) in [5.74, 6) is -0.832. The first-order valence-corrected chi connectivity index (χ1v) is 26.7. The molecule has 358 valence electrons. The van der Waals surface area contributed by atoms with Crippen LogP contribution in [-0.2, 0) is 32.7 Å². The third-order valence-corrected chi connectivity index (χ3v) is 11.9. The summed E-state index contributed by atoms with van der Waals surface area (Å²) < 4.78 is 33.9. The van der Waals surface area contributed by atoms with Crippen molar-refractivity contribution in [2.75, 3.05) is 47.5 Å². The number of carbonyl (C=O) groups is 2. The Morgan fingerprint density at radius 1 is 0.508 bits per heavy atom. The highest BCUT2D eigenvalue weighted by Gasteiger charge is 2.21. The lowest BCUT2D eigenvalue weighted by atomic mass is 10.0. The summed E-state index contributed by atoms with van der Waals surface area (Å²) in [6.45, 7) is 4.22. The molecule has 0 N–H and O–H groups in total. The van der Waals surface area contributed by atoms with Gasteiger partial charge in [0.15, 0.2) is 6.10 Å². The molecule has 2 unspecified atom stereocenters. The van der Waals surface area contributed by atoms with E-state index in [1.165, 1.54) is 141 Å². The zero-order chi connectivity index (χ0) is 45.0. The van der Waals surface area contributed by atoms with E-state index in [1.807, 2.05) is 21.1 Å². The standard InChI is InChI=1S/C51H96NO8P/c1-6-8-10-12-14-16-18-19-20-21-22-23-24-25-26-27-28-29-30-31-32-33-34-36-38-40-42-44-51(54)60-49(48-59-61(55,56)58-46-45-52(3,4)5)47-57-50(53)43-41-39-37-35-17-15-13-11-9-7-2/h18-19,21-22,24-25,49H,6-17,20,23,26-48H2,1-5H3/b19-18-,22-21-,25-24-. The first-order chi connectivity index (χ1) is 29.5. The van der Waals surface area contributed by atoms with Crippen molar-refractivity contribution < 1.29 is 42.1 Å². The summed E-state index contributed by atoms with van der Waals surface area (Å²) in [5, 5.41) is 0. The molecule has 0 aromatic rings. The highest BCUT2D eigenvalue weighted by atomic mass is 31.2. The maximum absolute atomic E-state index is 12.7. The summed E-state index contributed by atoms with van der Waals surface area (Å²) in [6.07, 6.45) is 50.4. The van der Waals surface area contributed by atoms with Crippen LogP contribution in [0.1, 0.15) is 226 Å². The first-order valence-electron chi connectivity index (χ1n) is 25.2. The van der Waals surface area contributed by atoms with Crippen molar-refractivity contribution in [3.05, 3.63) is 36.5 Å². The predicted molar refractivity (Wildman–Crippen MR) is 254 cm³/mol. The Labute approximate surface area is 376 Å². The average Bonchev–Trinajstić information content (AvgIpc) is 3.21. The van der Waals surface area contributed by atoms with Gasteiger partial charge in [-0.05, 0) is 51.4 Å². The Balaban J connectivity index is 4.12. The van der Waals surface area contributed by atoms with E-state index in [9.17, 15) is 19.0 Å². The van der Waals surface area contributed by atoms with Gasteiger partial charge < -0.3 is 27.9 Å². The number of unbranched alkanes of at least 4 members (excludes halogenated alkanes) is 26. The van der Waals surface area contributed by atoms with Crippen molar-refractivity contribution in [1.82, 2.24) is 0 Å². The van der Waals surface area contributed by atoms with Crippen LogP contribution in [0.2, 0.25) is 0 Å². The number of nitrogens with zero attached hydrogens (tertiary/aromatic N) is 1. The molecular weight excluding hydrogens is 786 g/mol. The lowest BCUT2D eigenvalue weighted by molar-refractivity contribution is -0.870. The minimum absolute atomic E-state index is 0.0300. The lowest BCUT2D eigenvalue weighted by Gasteiger charge is -2.28. The molecule has 0 rings (SSSR count). The number of phosphoric acid groups is 1. The number of phosphoric ester groups is 1. The van der Waals surface area contributed by atoms with Gasteiger partial charge >= 0.3 is 11.9 Å². The van der Waals surface area contributed by atoms with Crippen molar-refractivity contribution >= 4 is 19.8 Å². The van der Waals surface area contributed by atoms with Gasteiger partial charge in [-0.2, -0.15) is 0 Å². The average molecular weight is 882 g/mol. The van der Waals surface area contributed by atoms with Crippen molar-refractivity contribution in [1.29, 1.82) is 0 Å². The van der Waals surface area contributed by atoms with E-state index in [0.717, 1.165) is 51.4 Å². The molecule has 0 aliphatic heterocycles. The van der Waals surface area contributed by atoms with Crippen LogP contribution in [0.4, 0.5) is 0 Å². The van der Waals surface area contributed by atoms with Crippen LogP contribution in [-0.4, -0.2) is 70.0 Å². The number of rotatable bonds is 46. The molecule has 2 atom stereocenters. The number of likely N-dealkylation sites (N-methyl/N-ethyl adjacent to an activating group) is 1. The molecule has 0 saturated carbocycles. The molecule has 9 nitrogen and oxygen atoms in total. The van der Waals surface area contributed by atoms with Crippen LogP contribution in [0, 0.1) is 0 Å². The molecule has 61 heavy (non-hydrogen) atoms. The Hall–Kier alpha value is -1.77. The molecule has 0 aromatic carbocycles. The van der Waals surface area contributed by atoms with Crippen LogP contribution in [0.25, 0.3) is 0 Å². The molecule has 0 bridgehead atoms. The molecule has 10 heteroatoms. The first kappa shape index (κ1) is 59.2. The van der Waals surface area contributed by atoms with Crippen LogP contribution in [0.5, 0.6) is 0 Å². The molecule has 0 aliphatic rings. The van der Waals surface area contributed by atoms with Gasteiger partial charge in [-0.15, -0.1) is 0 Å². The molecule has 0 aliphatic carbocycles. The SMILES string of the molecule is CCCCCCC/C=C\C/C=C\C/C=C\CCCCCCCCCCCCCCC(=O)OC(COC(=O)CCCCCCCCCCCC)COP(=O)([O-])OCC[N+](C)(C)C. The quantitative estimate of drug-likeness (QED) is 0.0195. The van der Waals surface area contributed by atoms with Gasteiger partial charge in [-0.25, -0.2) is 0 Å². The molecular formula is C51H96NO8P. The minimum atomic E-state index is -4.62. The number of carbonyl (C=O) groups excluding carboxylic acids is 2. The lowest BCUT2D eigenvalue weighted by Crippen LogP contribution is -2.37. The fourth-order valence-electron chi connectivity index (χ4n) is 6.96. The van der Waals surface area contributed by atoms with Crippen molar-refractivity contribution in [2.24, 2.45) is 0 Å². The molecule has 0 amide bonds. The largest absolute Gasteiger partial charge is 0.756 e. The number of hydrogen-bond acceptors (Lipinski definition) is 8. The third-order valence-electron chi connectivity index (χ3n) is 10.9. The number of esters is 2. The summed E-state index contributed by atoms with van der Waals surface area (Å²) in [4.78, 5) is 37.6. The van der Waals surface area contributed by atoms with Crippen molar-refractivity contribution in [3.63, 3.8) is 0 Å². The van der Waals surface area contributed by atoms with Gasteiger partial charge in [0.2, 0.25) is 0 Å². The van der Waals surface area contributed by atoms with E-state index in [-0.39, 0.29) is 32.0 Å². The Bertz CT molecular complexity index is 1130. The number of hydrogen-bond donors (Lipinski definition) is 0. The Morgan fingerprint density at radius 3 is 1.31 bits per heavy atom. The molecule has 0 aromatic heterocycles. The number of quaternary nitrogens is 1. The van der Waals surface area contributed by atoms with Crippen LogP contribution in [0.3, 0.4) is 0 Å². The maximum atomic E-state index is 12.7. The third kappa shape index (κ3) is 47.5. The van der Waals surface area contributed by atoms with Crippen molar-refractivity contribution in [3.8, 4) is 0 Å². The normalized spacial score (nSPS) is 13.7. The molecule has 0 radical (unpaired) electrons. The second kappa shape index (κ2) is 43.5. The van der Waals surface area contributed by atoms with Crippen LogP contribution < -0.4 is 4.89 Å². The molecule has 0 fully saturated rings. The zero-order valence-corrected chi connectivity index (χ0v) is 41.3. The molecule has 0 heterocycles. The van der Waals surface area contributed by atoms with E-state index in [0.29, 0.717) is 17.4 Å². The summed E-state index contributed by atoms with van der Waals surface area (Å²) >= 11 is 0. The second-order valence-corrected chi connectivity index (χ2v) is 19.6. The van der Waals surface area contributed by atoms with E-state index in [1.54, 1.807) is 0 Å². The fraction of sp³-hybridized carbons (Fsp3) is 0.843. The van der Waals surface area contributed by atoms with Crippen LogP contribution >= 0.6 is 7.82 Å². The number of ether oxygens (including phenoxy) is 2. The highest BCUT2D eigenvalue weighted by Crippen LogP contribution is 2.38. The van der Waals surface area contributed by atoms with Gasteiger partial charge in [0, 0.05) is 12.8 Å². The van der Waals surface area contributed by atoms with Gasteiger partial charge in [0.1, 0.15) is 19.8 Å². The monoisotopic (exact) mass is 882 g/mol. The van der Waals surface area contributed by atoms with Gasteiger partial charge in [-0.3, -0.25) is 14.2 Å². The van der Waals surface area contributed by atoms with E-state index < -0.39 is 26.5 Å². The highest BCUT2D eigenvalue weighted by molar-refractivity contribution is 7.45. The van der Waals surface area contributed by atoms with Crippen LogP contribution in [0.15, 0.2) is 36.5 Å². The minimum Gasteiger partial charge on any atom is -0.756 e. The van der Waals surface area contributed by atoms with Gasteiger partial charge in [0.25, 0.3) is 7.82 Å². The Morgan fingerprint density at radius 2 is 0.885 bits per heavy atom. The topological polar surface area (TPSA) is 111 Å². The van der Waals surface area contributed by atoms with E-state index >= 15 is 0 Å². The smallest absolute Gasteiger partial charge is 0.306 e. The van der Waals surface area contributed by atoms with Crippen molar-refractivity contribution in [2.45, 2.75) is 232 Å². The van der Waals surface area contributed by atoms with Gasteiger partial charge in [0.05, 0.1) is 27.7 Å². The van der Waals surface area contributed by atoms with E-state index in [2.05, 4.69) is 50.3 Å². The summed E-state index contributed by atoms with van der Waals surface area (Å²) in [5.41, 5.74) is 0. The second-order valence-electron chi connectivity index (χ2n) is 18.2. The molecule has 0 spiro atoms. The number of allylic oxidation sites excluding steroid dienone is 6. The maximum Gasteiger partial charge on any atom is 0.306 e. The molecule has 0 saturated heterocycles. The van der Waals surface area contributed by atoms with Gasteiger partial charge in [-0.1, -0.05) is 198 Å². The zero-order valence-electron chi connectivity index (χ0n) is 40.4. The predicted octanol–water partition coefficient (Wildman–Crippen LogP) is 14.2. The van der Waals surface area contributed by atoms with E-state index in [4.69, 9.17) is 18.5 Å². The summed E-state index contributed by atoms with van der Waals surface area (Å²) in [7, 11) is 1.17. The fourth-order valence-corrected chi connectivity index (χ4v) is 7.69. The Kier molecular flexibility index (Phi) is 42.2.